The smallest absolute Gasteiger partial charge is 0.217 e. The molecule has 0 unspecified atom stereocenters. The lowest BCUT2D eigenvalue weighted by molar-refractivity contribution is -0.120. The molecule has 2 aliphatic rings. The van der Waals surface area contributed by atoms with Crippen molar-refractivity contribution in [3.05, 3.63) is 0 Å². The Labute approximate surface area is 140 Å². The van der Waals surface area contributed by atoms with E-state index >= 15 is 0 Å². The zero-order valence-electron chi connectivity index (χ0n) is 15.2. The summed E-state index contributed by atoms with van der Waals surface area (Å²) in [5.74, 6) is 0.760. The van der Waals surface area contributed by atoms with Gasteiger partial charge in [-0.25, -0.2) is 0 Å². The molecule has 0 aromatic carbocycles. The number of hydrogen-bond acceptors (Lipinski definition) is 4. The molecule has 2 fully saturated rings. The number of hydrogen-bond donors (Lipinski definition) is 2. The van der Waals surface area contributed by atoms with Crippen molar-refractivity contribution in [1.82, 2.24) is 10.6 Å². The van der Waals surface area contributed by atoms with Crippen molar-refractivity contribution in [3.63, 3.8) is 0 Å². The maximum Gasteiger partial charge on any atom is 0.217 e. The first kappa shape index (κ1) is 21.9. The highest BCUT2D eigenvalue weighted by Gasteiger charge is 2.14. The fraction of sp³-hybridized carbons (Fsp3) is 0.882. The van der Waals surface area contributed by atoms with E-state index in [-0.39, 0.29) is 11.8 Å². The van der Waals surface area contributed by atoms with E-state index in [2.05, 4.69) is 10.6 Å². The van der Waals surface area contributed by atoms with E-state index in [0.717, 1.165) is 58.7 Å². The lowest BCUT2D eigenvalue weighted by Gasteiger charge is -2.22. The molecule has 2 rings (SSSR count). The first-order chi connectivity index (χ1) is 11.1. The van der Waals surface area contributed by atoms with Crippen LogP contribution in [0.15, 0.2) is 0 Å². The largest absolute Gasteiger partial charge is 0.381 e. The van der Waals surface area contributed by atoms with Gasteiger partial charge >= 0.3 is 0 Å². The molecule has 0 aliphatic carbocycles. The molecule has 0 saturated carbocycles. The zero-order chi connectivity index (χ0) is 17.5. The predicted octanol–water partition coefficient (Wildman–Crippen LogP) is 1.88. The van der Waals surface area contributed by atoms with E-state index in [0.29, 0.717) is 12.0 Å². The SMILES string of the molecule is CC.CC(=O)NC1CCOCC1.CC(=O)NCC1CCOCC1. The number of carbonyl (C=O) groups is 2. The average Bonchev–Trinajstić information content (AvgIpc) is 2.57. The molecule has 23 heavy (non-hydrogen) atoms. The summed E-state index contributed by atoms with van der Waals surface area (Å²) in [6.07, 6.45) is 4.08. The summed E-state index contributed by atoms with van der Waals surface area (Å²) in [7, 11) is 0. The second-order valence-corrected chi connectivity index (χ2v) is 5.58. The van der Waals surface area contributed by atoms with Crippen molar-refractivity contribution in [2.24, 2.45) is 5.92 Å². The summed E-state index contributed by atoms with van der Waals surface area (Å²) in [4.78, 5) is 21.1. The molecule has 0 bridgehead atoms. The molecule has 2 saturated heterocycles. The van der Waals surface area contributed by atoms with Crippen LogP contribution < -0.4 is 10.6 Å². The molecule has 2 heterocycles. The van der Waals surface area contributed by atoms with Crippen LogP contribution >= 0.6 is 0 Å². The maximum absolute atomic E-state index is 10.6. The van der Waals surface area contributed by atoms with Gasteiger partial charge in [-0.3, -0.25) is 9.59 Å². The van der Waals surface area contributed by atoms with Gasteiger partial charge in [0.25, 0.3) is 0 Å². The van der Waals surface area contributed by atoms with Gasteiger partial charge < -0.3 is 20.1 Å². The molecule has 0 aromatic heterocycles. The van der Waals surface area contributed by atoms with Gasteiger partial charge in [0.05, 0.1) is 0 Å². The van der Waals surface area contributed by atoms with Crippen LogP contribution in [0.5, 0.6) is 0 Å². The van der Waals surface area contributed by atoms with Crippen molar-refractivity contribution >= 4 is 11.8 Å². The molecule has 2 amide bonds. The Bertz CT molecular complexity index is 312. The van der Waals surface area contributed by atoms with Gasteiger partial charge in [-0.05, 0) is 31.6 Å². The normalized spacial score (nSPS) is 18.6. The standard InChI is InChI=1S/C8H15NO2.C7H13NO2.C2H6/c1-7(10)9-6-8-2-4-11-5-3-8;1-6(9)8-7-2-4-10-5-3-7;1-2/h8H,2-6H2,1H3,(H,9,10);7H,2-5H2,1H3,(H,8,9);1-2H3. The van der Waals surface area contributed by atoms with Crippen LogP contribution in [0.3, 0.4) is 0 Å². The van der Waals surface area contributed by atoms with Gasteiger partial charge in [-0.15, -0.1) is 0 Å². The molecule has 2 N–H and O–H groups in total. The summed E-state index contributed by atoms with van der Waals surface area (Å²) >= 11 is 0. The predicted molar refractivity (Wildman–Crippen MR) is 91.2 cm³/mol. The van der Waals surface area contributed by atoms with Crippen LogP contribution in [0.2, 0.25) is 0 Å². The van der Waals surface area contributed by atoms with Crippen LogP contribution in [0.4, 0.5) is 0 Å². The van der Waals surface area contributed by atoms with Crippen LogP contribution in [0.1, 0.15) is 53.4 Å². The summed E-state index contributed by atoms with van der Waals surface area (Å²) in [5.41, 5.74) is 0. The van der Waals surface area contributed by atoms with Crippen molar-refractivity contribution in [3.8, 4) is 0 Å². The molecular formula is C17H34N2O4. The lowest BCUT2D eigenvalue weighted by atomic mass is 10.0. The quantitative estimate of drug-likeness (QED) is 0.828. The Hall–Kier alpha value is -1.14. The van der Waals surface area contributed by atoms with Crippen molar-refractivity contribution in [2.45, 2.75) is 59.4 Å². The Morgan fingerprint density at radius 3 is 1.78 bits per heavy atom. The average molecular weight is 330 g/mol. The minimum Gasteiger partial charge on any atom is -0.381 e. The van der Waals surface area contributed by atoms with E-state index in [1.807, 2.05) is 13.8 Å². The zero-order valence-corrected chi connectivity index (χ0v) is 15.2. The van der Waals surface area contributed by atoms with Crippen LogP contribution in [-0.2, 0) is 19.1 Å². The molecule has 0 atom stereocenters. The minimum atomic E-state index is 0.0619. The third-order valence-electron chi connectivity index (χ3n) is 3.61. The summed E-state index contributed by atoms with van der Waals surface area (Å²) in [6, 6.07) is 0.353. The molecule has 6 nitrogen and oxygen atoms in total. The Kier molecular flexibility index (Phi) is 13.7. The van der Waals surface area contributed by atoms with E-state index in [1.54, 1.807) is 13.8 Å². The molecule has 0 aromatic rings. The Morgan fingerprint density at radius 1 is 0.870 bits per heavy atom. The van der Waals surface area contributed by atoms with Gasteiger partial charge in [0.15, 0.2) is 0 Å². The third kappa shape index (κ3) is 13.0. The highest BCUT2D eigenvalue weighted by Crippen LogP contribution is 2.12. The van der Waals surface area contributed by atoms with Crippen molar-refractivity contribution < 1.29 is 19.1 Å². The highest BCUT2D eigenvalue weighted by atomic mass is 16.5. The third-order valence-corrected chi connectivity index (χ3v) is 3.61. The minimum absolute atomic E-state index is 0.0619. The molecule has 0 spiro atoms. The van der Waals surface area contributed by atoms with Crippen LogP contribution in [0, 0.1) is 5.92 Å². The maximum atomic E-state index is 10.6. The van der Waals surface area contributed by atoms with E-state index < -0.39 is 0 Å². The van der Waals surface area contributed by atoms with Crippen LogP contribution in [0.25, 0.3) is 0 Å². The van der Waals surface area contributed by atoms with E-state index in [1.165, 1.54) is 0 Å². The summed E-state index contributed by atoms with van der Waals surface area (Å²) < 4.78 is 10.3. The number of carbonyl (C=O) groups excluding carboxylic acids is 2. The second-order valence-electron chi connectivity index (χ2n) is 5.58. The summed E-state index contributed by atoms with van der Waals surface area (Å²) in [6.45, 7) is 11.2. The molecule has 6 heteroatoms. The fourth-order valence-corrected chi connectivity index (χ4v) is 2.37. The molecule has 2 aliphatic heterocycles. The Morgan fingerprint density at radius 2 is 1.35 bits per heavy atom. The number of amides is 2. The molecule has 0 radical (unpaired) electrons. The van der Waals surface area contributed by atoms with Gasteiger partial charge in [0, 0.05) is 52.9 Å². The molecular weight excluding hydrogens is 296 g/mol. The first-order valence-electron chi connectivity index (χ1n) is 8.75. The molecule has 136 valence electrons. The first-order valence-corrected chi connectivity index (χ1v) is 8.75. The number of nitrogens with one attached hydrogen (secondary N) is 2. The summed E-state index contributed by atoms with van der Waals surface area (Å²) in [5, 5.41) is 5.68. The topological polar surface area (TPSA) is 76.7 Å². The van der Waals surface area contributed by atoms with Gasteiger partial charge in [-0.1, -0.05) is 13.8 Å². The number of ether oxygens (including phenoxy) is 2. The van der Waals surface area contributed by atoms with Gasteiger partial charge in [0.2, 0.25) is 11.8 Å². The van der Waals surface area contributed by atoms with E-state index in [9.17, 15) is 9.59 Å². The number of rotatable bonds is 3. The van der Waals surface area contributed by atoms with Crippen LogP contribution in [-0.4, -0.2) is 50.8 Å². The monoisotopic (exact) mass is 330 g/mol. The lowest BCUT2D eigenvalue weighted by Crippen LogP contribution is -2.37. The van der Waals surface area contributed by atoms with Crippen molar-refractivity contribution in [2.75, 3.05) is 33.0 Å². The van der Waals surface area contributed by atoms with E-state index in [4.69, 9.17) is 9.47 Å². The Balaban J connectivity index is 0.000000381. The van der Waals surface area contributed by atoms with Gasteiger partial charge in [0.1, 0.15) is 0 Å². The second kappa shape index (κ2) is 14.5. The van der Waals surface area contributed by atoms with Gasteiger partial charge in [-0.2, -0.15) is 0 Å². The van der Waals surface area contributed by atoms with Crippen molar-refractivity contribution in [1.29, 1.82) is 0 Å². The highest BCUT2D eigenvalue weighted by molar-refractivity contribution is 5.73. The fourth-order valence-electron chi connectivity index (χ4n) is 2.37.